The highest BCUT2D eigenvalue weighted by Gasteiger charge is 2.13. The normalized spacial score (nSPS) is 10.6. The molecule has 0 atom stereocenters. The molecule has 0 saturated heterocycles. The van der Waals surface area contributed by atoms with Gasteiger partial charge in [-0.2, -0.15) is 0 Å². The lowest BCUT2D eigenvalue weighted by Gasteiger charge is -2.25. The van der Waals surface area contributed by atoms with Crippen molar-refractivity contribution in [2.24, 2.45) is 0 Å². The summed E-state index contributed by atoms with van der Waals surface area (Å²) >= 11 is 5.89. The van der Waals surface area contributed by atoms with E-state index in [-0.39, 0.29) is 11.9 Å². The SMILES string of the molecule is CC(C)N(C)c1c(F)cccc1Cl. The Morgan fingerprint density at radius 1 is 1.38 bits per heavy atom. The van der Waals surface area contributed by atoms with Gasteiger partial charge >= 0.3 is 0 Å². The summed E-state index contributed by atoms with van der Waals surface area (Å²) in [5.74, 6) is -0.274. The molecule has 0 unspecified atom stereocenters. The van der Waals surface area contributed by atoms with Crippen LogP contribution in [0.2, 0.25) is 5.02 Å². The molecule has 1 aromatic rings. The standard InChI is InChI=1S/C10H13ClFN/c1-7(2)13(3)10-8(11)5-4-6-9(10)12/h4-7H,1-3H3. The van der Waals surface area contributed by atoms with Crippen molar-refractivity contribution in [1.29, 1.82) is 0 Å². The second kappa shape index (κ2) is 3.97. The summed E-state index contributed by atoms with van der Waals surface area (Å²) in [6.07, 6.45) is 0. The van der Waals surface area contributed by atoms with E-state index in [0.29, 0.717) is 10.7 Å². The van der Waals surface area contributed by atoms with Gasteiger partial charge in [0.2, 0.25) is 0 Å². The van der Waals surface area contributed by atoms with Gasteiger partial charge in [0, 0.05) is 13.1 Å². The summed E-state index contributed by atoms with van der Waals surface area (Å²) in [5, 5.41) is 0.455. The molecular weight excluding hydrogens is 189 g/mol. The quantitative estimate of drug-likeness (QED) is 0.710. The van der Waals surface area contributed by atoms with Crippen LogP contribution in [0.4, 0.5) is 10.1 Å². The molecule has 0 N–H and O–H groups in total. The Kier molecular flexibility index (Phi) is 3.15. The van der Waals surface area contributed by atoms with E-state index < -0.39 is 0 Å². The molecule has 1 rings (SSSR count). The van der Waals surface area contributed by atoms with Crippen molar-refractivity contribution in [3.05, 3.63) is 29.0 Å². The van der Waals surface area contributed by atoms with Crippen molar-refractivity contribution >= 4 is 17.3 Å². The van der Waals surface area contributed by atoms with Crippen LogP contribution in [-0.2, 0) is 0 Å². The molecule has 0 radical (unpaired) electrons. The largest absolute Gasteiger partial charge is 0.369 e. The van der Waals surface area contributed by atoms with Crippen LogP contribution in [0, 0.1) is 5.82 Å². The predicted molar refractivity (Wildman–Crippen MR) is 54.9 cm³/mol. The topological polar surface area (TPSA) is 3.24 Å². The summed E-state index contributed by atoms with van der Waals surface area (Å²) in [7, 11) is 1.83. The molecule has 1 nitrogen and oxygen atoms in total. The molecule has 0 bridgehead atoms. The molecule has 0 aliphatic heterocycles. The predicted octanol–water partition coefficient (Wildman–Crippen LogP) is 3.32. The fraction of sp³-hybridized carbons (Fsp3) is 0.400. The van der Waals surface area contributed by atoms with Gasteiger partial charge in [0.05, 0.1) is 10.7 Å². The zero-order chi connectivity index (χ0) is 10.0. The maximum Gasteiger partial charge on any atom is 0.148 e. The number of para-hydroxylation sites is 1. The van der Waals surface area contributed by atoms with Crippen LogP contribution >= 0.6 is 11.6 Å². The van der Waals surface area contributed by atoms with Crippen LogP contribution in [0.5, 0.6) is 0 Å². The lowest BCUT2D eigenvalue weighted by atomic mass is 10.2. The first-order valence-corrected chi connectivity index (χ1v) is 4.58. The molecule has 0 aromatic heterocycles. The fourth-order valence-corrected chi connectivity index (χ4v) is 1.38. The second-order valence-corrected chi connectivity index (χ2v) is 3.68. The molecule has 72 valence electrons. The zero-order valence-electron chi connectivity index (χ0n) is 8.01. The summed E-state index contributed by atoms with van der Waals surface area (Å²) in [6, 6.07) is 4.95. The van der Waals surface area contributed by atoms with Gasteiger partial charge in [0.15, 0.2) is 0 Å². The van der Waals surface area contributed by atoms with E-state index in [2.05, 4.69) is 0 Å². The molecular formula is C10H13ClFN. The maximum atomic E-state index is 13.3. The Labute approximate surface area is 83.1 Å². The van der Waals surface area contributed by atoms with Gasteiger partial charge in [-0.05, 0) is 26.0 Å². The number of rotatable bonds is 2. The van der Waals surface area contributed by atoms with Crippen LogP contribution in [0.25, 0.3) is 0 Å². The first-order chi connectivity index (χ1) is 6.04. The van der Waals surface area contributed by atoms with E-state index in [0.717, 1.165) is 0 Å². The summed E-state index contributed by atoms with van der Waals surface area (Å²) in [4.78, 5) is 1.82. The second-order valence-electron chi connectivity index (χ2n) is 3.27. The number of halogens is 2. The van der Waals surface area contributed by atoms with Gasteiger partial charge in [-0.1, -0.05) is 17.7 Å². The molecule has 0 amide bonds. The average molecular weight is 202 g/mol. The van der Waals surface area contributed by atoms with Crippen molar-refractivity contribution in [3.8, 4) is 0 Å². The van der Waals surface area contributed by atoms with E-state index in [1.165, 1.54) is 6.07 Å². The minimum absolute atomic E-state index is 0.231. The van der Waals surface area contributed by atoms with Gasteiger partial charge in [0.25, 0.3) is 0 Å². The number of nitrogens with zero attached hydrogens (tertiary/aromatic N) is 1. The number of hydrogen-bond donors (Lipinski definition) is 0. The Morgan fingerprint density at radius 3 is 2.46 bits per heavy atom. The number of anilines is 1. The first-order valence-electron chi connectivity index (χ1n) is 4.21. The Bertz CT molecular complexity index is 279. The molecule has 3 heteroatoms. The Hall–Kier alpha value is -0.760. The lowest BCUT2D eigenvalue weighted by molar-refractivity contribution is 0.614. The summed E-state index contributed by atoms with van der Waals surface area (Å²) in [6.45, 7) is 3.98. The molecule has 0 heterocycles. The molecule has 0 aliphatic carbocycles. The van der Waals surface area contributed by atoms with Crippen LogP contribution in [0.15, 0.2) is 18.2 Å². The van der Waals surface area contributed by atoms with Crippen LogP contribution in [0.1, 0.15) is 13.8 Å². The van der Waals surface area contributed by atoms with E-state index in [1.807, 2.05) is 25.8 Å². The van der Waals surface area contributed by atoms with Gasteiger partial charge in [-0.25, -0.2) is 4.39 Å². The third-order valence-corrected chi connectivity index (χ3v) is 2.37. The van der Waals surface area contributed by atoms with Crippen molar-refractivity contribution in [2.75, 3.05) is 11.9 Å². The first kappa shape index (κ1) is 10.3. The number of hydrogen-bond acceptors (Lipinski definition) is 1. The van der Waals surface area contributed by atoms with E-state index in [1.54, 1.807) is 12.1 Å². The minimum atomic E-state index is -0.274. The van der Waals surface area contributed by atoms with Crippen molar-refractivity contribution in [3.63, 3.8) is 0 Å². The third-order valence-electron chi connectivity index (χ3n) is 2.06. The third kappa shape index (κ3) is 2.13. The van der Waals surface area contributed by atoms with Crippen LogP contribution < -0.4 is 4.90 Å². The molecule has 0 fully saturated rings. The molecule has 1 aromatic carbocycles. The Balaban J connectivity index is 3.12. The van der Waals surface area contributed by atoms with Gasteiger partial charge in [-0.15, -0.1) is 0 Å². The van der Waals surface area contributed by atoms with Crippen molar-refractivity contribution in [1.82, 2.24) is 0 Å². The fourth-order valence-electron chi connectivity index (χ4n) is 1.08. The lowest BCUT2D eigenvalue weighted by Crippen LogP contribution is -2.26. The highest BCUT2D eigenvalue weighted by molar-refractivity contribution is 6.33. The maximum absolute atomic E-state index is 13.3. The summed E-state index contributed by atoms with van der Waals surface area (Å²) < 4.78 is 13.3. The van der Waals surface area contributed by atoms with E-state index >= 15 is 0 Å². The molecule has 0 saturated carbocycles. The van der Waals surface area contributed by atoms with Crippen molar-refractivity contribution < 1.29 is 4.39 Å². The highest BCUT2D eigenvalue weighted by Crippen LogP contribution is 2.28. The molecule has 0 spiro atoms. The summed E-state index contributed by atoms with van der Waals surface area (Å²) in [5.41, 5.74) is 0.471. The molecule has 13 heavy (non-hydrogen) atoms. The van der Waals surface area contributed by atoms with Crippen molar-refractivity contribution in [2.45, 2.75) is 19.9 Å². The Morgan fingerprint density at radius 2 is 2.00 bits per heavy atom. The monoisotopic (exact) mass is 201 g/mol. The zero-order valence-corrected chi connectivity index (χ0v) is 8.77. The average Bonchev–Trinajstić information content (AvgIpc) is 2.03. The smallest absolute Gasteiger partial charge is 0.148 e. The van der Waals surface area contributed by atoms with E-state index in [4.69, 9.17) is 11.6 Å². The van der Waals surface area contributed by atoms with E-state index in [9.17, 15) is 4.39 Å². The molecule has 0 aliphatic rings. The van der Waals surface area contributed by atoms with Crippen LogP contribution in [0.3, 0.4) is 0 Å². The van der Waals surface area contributed by atoms with Crippen LogP contribution in [-0.4, -0.2) is 13.1 Å². The number of benzene rings is 1. The van der Waals surface area contributed by atoms with Gasteiger partial charge < -0.3 is 4.90 Å². The minimum Gasteiger partial charge on any atom is -0.369 e. The van der Waals surface area contributed by atoms with Gasteiger partial charge in [0.1, 0.15) is 5.82 Å². The highest BCUT2D eigenvalue weighted by atomic mass is 35.5. The van der Waals surface area contributed by atoms with Gasteiger partial charge in [-0.3, -0.25) is 0 Å².